The second kappa shape index (κ2) is 6.69. The first kappa shape index (κ1) is 16.0. The van der Waals surface area contributed by atoms with Gasteiger partial charge in [0.05, 0.1) is 18.3 Å². The Kier molecular flexibility index (Phi) is 4.45. The second-order valence-electron chi connectivity index (χ2n) is 5.26. The van der Waals surface area contributed by atoms with E-state index in [2.05, 4.69) is 16.2 Å². The van der Waals surface area contributed by atoms with Gasteiger partial charge in [0.25, 0.3) is 5.56 Å². The lowest BCUT2D eigenvalue weighted by Crippen LogP contribution is -2.32. The summed E-state index contributed by atoms with van der Waals surface area (Å²) in [6, 6.07) is 9.88. The second-order valence-corrected chi connectivity index (χ2v) is 6.26. The fourth-order valence-corrected chi connectivity index (χ4v) is 3.64. The first-order chi connectivity index (χ1) is 11.6. The molecule has 6 heteroatoms. The first-order valence-electron chi connectivity index (χ1n) is 7.36. The molecular formula is C18H15N3O2S. The summed E-state index contributed by atoms with van der Waals surface area (Å²) in [6.45, 7) is 1.95. The van der Waals surface area contributed by atoms with Gasteiger partial charge in [0.1, 0.15) is 11.4 Å². The van der Waals surface area contributed by atoms with Crippen LogP contribution < -0.4 is 10.9 Å². The van der Waals surface area contributed by atoms with Crippen LogP contribution in [0.1, 0.15) is 5.56 Å². The molecular weight excluding hydrogens is 322 g/mol. The Morgan fingerprint density at radius 1 is 1.38 bits per heavy atom. The molecule has 1 aromatic carbocycles. The first-order valence-corrected chi connectivity index (χ1v) is 8.17. The Balaban J connectivity index is 2.04. The zero-order valence-electron chi connectivity index (χ0n) is 13.1. The molecule has 2 heterocycles. The molecule has 24 heavy (non-hydrogen) atoms. The van der Waals surface area contributed by atoms with Crippen molar-refractivity contribution in [2.75, 3.05) is 6.54 Å². The van der Waals surface area contributed by atoms with Crippen LogP contribution >= 0.6 is 11.3 Å². The van der Waals surface area contributed by atoms with Gasteiger partial charge in [0, 0.05) is 4.88 Å². The Labute approximate surface area is 143 Å². The number of thiophene rings is 1. The average Bonchev–Trinajstić information content (AvgIpc) is 2.94. The molecule has 3 rings (SSSR count). The zero-order chi connectivity index (χ0) is 17.1. The average molecular weight is 337 g/mol. The molecule has 1 N–H and O–H groups in total. The summed E-state index contributed by atoms with van der Waals surface area (Å²) in [5.41, 5.74) is 1.72. The number of rotatable bonds is 4. The van der Waals surface area contributed by atoms with Crippen molar-refractivity contribution in [1.29, 1.82) is 0 Å². The highest BCUT2D eigenvalue weighted by atomic mass is 32.1. The van der Waals surface area contributed by atoms with Crippen LogP contribution in [0.25, 0.3) is 20.7 Å². The van der Waals surface area contributed by atoms with Crippen molar-refractivity contribution in [2.24, 2.45) is 0 Å². The third kappa shape index (κ3) is 2.94. The molecule has 0 saturated carbocycles. The number of terminal acetylenes is 1. The van der Waals surface area contributed by atoms with Gasteiger partial charge < -0.3 is 5.32 Å². The maximum absolute atomic E-state index is 12.7. The van der Waals surface area contributed by atoms with Crippen molar-refractivity contribution in [1.82, 2.24) is 14.9 Å². The van der Waals surface area contributed by atoms with Crippen LogP contribution in [0.2, 0.25) is 0 Å². The zero-order valence-corrected chi connectivity index (χ0v) is 13.9. The van der Waals surface area contributed by atoms with E-state index in [9.17, 15) is 9.59 Å². The minimum absolute atomic E-state index is 0.0978. The van der Waals surface area contributed by atoms with Gasteiger partial charge in [-0.3, -0.25) is 14.2 Å². The Morgan fingerprint density at radius 2 is 2.12 bits per heavy atom. The molecule has 5 nitrogen and oxygen atoms in total. The highest BCUT2D eigenvalue weighted by molar-refractivity contribution is 7.22. The molecule has 0 unspecified atom stereocenters. The van der Waals surface area contributed by atoms with Gasteiger partial charge in [0.2, 0.25) is 5.91 Å². The molecule has 0 aliphatic heterocycles. The highest BCUT2D eigenvalue weighted by Crippen LogP contribution is 2.35. The van der Waals surface area contributed by atoms with E-state index in [0.29, 0.717) is 10.2 Å². The van der Waals surface area contributed by atoms with Gasteiger partial charge in [-0.05, 0) is 18.1 Å². The van der Waals surface area contributed by atoms with E-state index >= 15 is 0 Å². The van der Waals surface area contributed by atoms with E-state index in [1.165, 1.54) is 22.2 Å². The van der Waals surface area contributed by atoms with Crippen molar-refractivity contribution in [3.05, 3.63) is 52.6 Å². The number of fused-ring (bicyclic) bond motifs is 1. The van der Waals surface area contributed by atoms with E-state index in [-0.39, 0.29) is 24.6 Å². The number of aryl methyl sites for hydroxylation is 1. The van der Waals surface area contributed by atoms with Gasteiger partial charge in [-0.2, -0.15) is 0 Å². The summed E-state index contributed by atoms with van der Waals surface area (Å²) in [4.78, 5) is 30.5. The van der Waals surface area contributed by atoms with Crippen LogP contribution in [0, 0.1) is 19.3 Å². The molecule has 0 fully saturated rings. The number of amides is 1. The third-order valence-corrected chi connectivity index (χ3v) is 4.90. The molecule has 0 atom stereocenters. The quantitative estimate of drug-likeness (QED) is 0.742. The van der Waals surface area contributed by atoms with Crippen LogP contribution in [0.3, 0.4) is 0 Å². The number of nitrogens with one attached hydrogen (secondary N) is 1. The van der Waals surface area contributed by atoms with Crippen LogP contribution in [0.5, 0.6) is 0 Å². The van der Waals surface area contributed by atoms with E-state index in [0.717, 1.165) is 16.0 Å². The molecule has 0 aliphatic carbocycles. The normalized spacial score (nSPS) is 10.5. The number of carbonyl (C=O) groups is 1. The maximum atomic E-state index is 12.7. The molecule has 3 aromatic rings. The largest absolute Gasteiger partial charge is 0.344 e. The smallest absolute Gasteiger partial charge is 0.262 e. The van der Waals surface area contributed by atoms with Crippen LogP contribution in [-0.4, -0.2) is 22.0 Å². The Bertz CT molecular complexity index is 997. The lowest BCUT2D eigenvalue weighted by Gasteiger charge is -2.05. The predicted molar refractivity (Wildman–Crippen MR) is 95.9 cm³/mol. The number of hydrogen-bond donors (Lipinski definition) is 1. The highest BCUT2D eigenvalue weighted by Gasteiger charge is 2.16. The molecule has 0 saturated heterocycles. The van der Waals surface area contributed by atoms with Crippen LogP contribution in [0.4, 0.5) is 0 Å². The van der Waals surface area contributed by atoms with Gasteiger partial charge in [-0.1, -0.05) is 36.3 Å². The van der Waals surface area contributed by atoms with E-state index in [1.54, 1.807) is 0 Å². The van der Waals surface area contributed by atoms with E-state index < -0.39 is 0 Å². The van der Waals surface area contributed by atoms with Gasteiger partial charge in [0.15, 0.2) is 0 Å². The SMILES string of the molecule is C#CCNC(=O)Cn1cnc2sc(-c3ccccc3)c(C)c2c1=O. The summed E-state index contributed by atoms with van der Waals surface area (Å²) in [5, 5.41) is 3.10. The molecule has 1 amide bonds. The minimum atomic E-state index is -0.313. The standard InChI is InChI=1S/C18H15N3O2S/c1-3-9-19-14(22)10-21-11-20-17-15(18(21)23)12(2)16(24-17)13-7-5-4-6-8-13/h1,4-8,11H,9-10H2,2H3,(H,19,22). The van der Waals surface area contributed by atoms with Crippen molar-refractivity contribution >= 4 is 27.5 Å². The summed E-state index contributed by atoms with van der Waals surface area (Å²) in [7, 11) is 0. The number of carbonyl (C=O) groups excluding carboxylic acids is 1. The van der Waals surface area contributed by atoms with Crippen molar-refractivity contribution in [3.63, 3.8) is 0 Å². The number of nitrogens with zero attached hydrogens (tertiary/aromatic N) is 2. The fourth-order valence-electron chi connectivity index (χ4n) is 2.50. The van der Waals surface area contributed by atoms with E-state index in [4.69, 9.17) is 6.42 Å². The summed E-state index contributed by atoms with van der Waals surface area (Å²) in [6.07, 6.45) is 6.52. The maximum Gasteiger partial charge on any atom is 0.262 e. The predicted octanol–water partition coefficient (Wildman–Crippen LogP) is 2.18. The van der Waals surface area contributed by atoms with Crippen molar-refractivity contribution in [3.8, 4) is 22.8 Å². The summed E-state index contributed by atoms with van der Waals surface area (Å²) in [5.74, 6) is 2.01. The van der Waals surface area contributed by atoms with Gasteiger partial charge >= 0.3 is 0 Å². The van der Waals surface area contributed by atoms with Crippen molar-refractivity contribution < 1.29 is 4.79 Å². The number of aromatic nitrogens is 2. The van der Waals surface area contributed by atoms with Gasteiger partial charge in [-0.15, -0.1) is 17.8 Å². The molecule has 120 valence electrons. The Morgan fingerprint density at radius 3 is 2.83 bits per heavy atom. The molecule has 0 spiro atoms. The van der Waals surface area contributed by atoms with Gasteiger partial charge in [-0.25, -0.2) is 4.98 Å². The van der Waals surface area contributed by atoms with Crippen LogP contribution in [0.15, 0.2) is 41.5 Å². The lowest BCUT2D eigenvalue weighted by atomic mass is 10.1. The molecule has 2 aromatic heterocycles. The molecule has 0 aliphatic rings. The Hall–Kier alpha value is -2.91. The molecule has 0 bridgehead atoms. The topological polar surface area (TPSA) is 64.0 Å². The van der Waals surface area contributed by atoms with Crippen molar-refractivity contribution in [2.45, 2.75) is 13.5 Å². The fraction of sp³-hybridized carbons (Fsp3) is 0.167. The summed E-state index contributed by atoms with van der Waals surface area (Å²) >= 11 is 1.48. The van der Waals surface area contributed by atoms with E-state index in [1.807, 2.05) is 37.3 Å². The molecule has 0 radical (unpaired) electrons. The minimum Gasteiger partial charge on any atom is -0.344 e. The van der Waals surface area contributed by atoms with Crippen LogP contribution in [-0.2, 0) is 11.3 Å². The third-order valence-electron chi connectivity index (χ3n) is 3.65. The summed E-state index contributed by atoms with van der Waals surface area (Å²) < 4.78 is 1.31. The number of benzene rings is 1. The number of hydrogen-bond acceptors (Lipinski definition) is 4. The monoisotopic (exact) mass is 337 g/mol. The lowest BCUT2D eigenvalue weighted by molar-refractivity contribution is -0.121.